The summed E-state index contributed by atoms with van der Waals surface area (Å²) in [6, 6.07) is 13.2. The highest BCUT2D eigenvalue weighted by Gasteiger charge is 2.23. The number of ether oxygens (including phenoxy) is 1. The molecular formula is C20H22N2O3S2. The standard InChI is InChI=1S/C20H22N2O3S2/c1-22(2)18(17-13-26-20-6-4-3-5-16(17)20)12-21-27(23,24)15-7-8-19-14(11-15)9-10-25-19/h3-8,11,13,18,21H,9-10,12H2,1-2H3. The summed E-state index contributed by atoms with van der Waals surface area (Å²) in [7, 11) is 0.357. The van der Waals surface area contributed by atoms with Gasteiger partial charge < -0.3 is 9.64 Å². The quantitative estimate of drug-likeness (QED) is 0.686. The molecule has 1 N–H and O–H groups in total. The van der Waals surface area contributed by atoms with E-state index in [0.717, 1.165) is 23.3 Å². The second-order valence-electron chi connectivity index (χ2n) is 6.89. The molecule has 0 fully saturated rings. The number of benzene rings is 2. The Morgan fingerprint density at radius 2 is 2.04 bits per heavy atom. The third-order valence-electron chi connectivity index (χ3n) is 4.93. The molecule has 0 spiro atoms. The predicted octanol–water partition coefficient (Wildman–Crippen LogP) is 3.42. The summed E-state index contributed by atoms with van der Waals surface area (Å²) in [6.45, 7) is 0.920. The Morgan fingerprint density at radius 3 is 2.85 bits per heavy atom. The summed E-state index contributed by atoms with van der Waals surface area (Å²) in [5, 5.41) is 3.30. The van der Waals surface area contributed by atoms with Crippen molar-refractivity contribution >= 4 is 31.4 Å². The van der Waals surface area contributed by atoms with Crippen molar-refractivity contribution in [2.24, 2.45) is 0 Å². The Hall–Kier alpha value is -1.93. The molecule has 0 aliphatic carbocycles. The highest BCUT2D eigenvalue weighted by Crippen LogP contribution is 2.32. The molecule has 2 aromatic carbocycles. The molecule has 1 aromatic heterocycles. The van der Waals surface area contributed by atoms with E-state index in [1.165, 1.54) is 10.1 Å². The Labute approximate surface area is 163 Å². The maximum atomic E-state index is 12.8. The monoisotopic (exact) mass is 402 g/mol. The Balaban J connectivity index is 1.58. The molecule has 4 rings (SSSR count). The number of rotatable bonds is 6. The third-order valence-corrected chi connectivity index (χ3v) is 7.33. The van der Waals surface area contributed by atoms with Crippen LogP contribution in [0.25, 0.3) is 10.1 Å². The number of hydrogen-bond acceptors (Lipinski definition) is 5. The van der Waals surface area contributed by atoms with Gasteiger partial charge in [-0.2, -0.15) is 0 Å². The summed E-state index contributed by atoms with van der Waals surface area (Å²) in [4.78, 5) is 2.34. The molecule has 3 aromatic rings. The first kappa shape index (κ1) is 18.4. The smallest absolute Gasteiger partial charge is 0.240 e. The van der Waals surface area contributed by atoms with E-state index in [2.05, 4.69) is 22.2 Å². The van der Waals surface area contributed by atoms with Crippen LogP contribution in [-0.4, -0.2) is 40.6 Å². The van der Waals surface area contributed by atoms with E-state index in [0.29, 0.717) is 18.0 Å². The van der Waals surface area contributed by atoms with Gasteiger partial charge in [0.25, 0.3) is 0 Å². The number of sulfonamides is 1. The zero-order valence-electron chi connectivity index (χ0n) is 15.3. The number of thiophene rings is 1. The van der Waals surface area contributed by atoms with Crippen LogP contribution in [0.4, 0.5) is 0 Å². The minimum Gasteiger partial charge on any atom is -0.493 e. The van der Waals surface area contributed by atoms with Crippen molar-refractivity contribution < 1.29 is 13.2 Å². The maximum absolute atomic E-state index is 12.8. The van der Waals surface area contributed by atoms with Gasteiger partial charge in [-0.3, -0.25) is 0 Å². The number of hydrogen-bond donors (Lipinski definition) is 1. The van der Waals surface area contributed by atoms with Crippen LogP contribution in [0, 0.1) is 0 Å². The third kappa shape index (κ3) is 3.60. The Bertz CT molecular complexity index is 1070. The van der Waals surface area contributed by atoms with Crippen LogP contribution < -0.4 is 9.46 Å². The van der Waals surface area contributed by atoms with E-state index in [4.69, 9.17) is 4.74 Å². The predicted molar refractivity (Wildman–Crippen MR) is 109 cm³/mol. The van der Waals surface area contributed by atoms with Gasteiger partial charge in [0.1, 0.15) is 5.75 Å². The number of likely N-dealkylation sites (N-methyl/N-ethyl adjacent to an activating group) is 1. The number of nitrogens with zero attached hydrogens (tertiary/aromatic N) is 1. The normalized spacial score (nSPS) is 15.1. The molecule has 142 valence electrons. The van der Waals surface area contributed by atoms with Crippen molar-refractivity contribution in [3.8, 4) is 5.75 Å². The van der Waals surface area contributed by atoms with E-state index in [9.17, 15) is 8.42 Å². The lowest BCUT2D eigenvalue weighted by molar-refractivity contribution is 0.301. The maximum Gasteiger partial charge on any atom is 0.240 e. The van der Waals surface area contributed by atoms with Gasteiger partial charge in [-0.05, 0) is 60.3 Å². The van der Waals surface area contributed by atoms with Crippen molar-refractivity contribution in [3.63, 3.8) is 0 Å². The van der Waals surface area contributed by atoms with Gasteiger partial charge in [-0.1, -0.05) is 18.2 Å². The molecule has 0 amide bonds. The summed E-state index contributed by atoms with van der Waals surface area (Å²) < 4.78 is 35.1. The second kappa shape index (κ2) is 7.24. The van der Waals surface area contributed by atoms with E-state index < -0.39 is 10.0 Å². The first-order valence-electron chi connectivity index (χ1n) is 8.83. The first-order chi connectivity index (χ1) is 13.0. The molecule has 7 heteroatoms. The summed E-state index contributed by atoms with van der Waals surface area (Å²) >= 11 is 1.69. The molecule has 5 nitrogen and oxygen atoms in total. The van der Waals surface area contributed by atoms with Crippen LogP contribution in [0.5, 0.6) is 5.75 Å². The molecule has 0 radical (unpaired) electrons. The van der Waals surface area contributed by atoms with Gasteiger partial charge >= 0.3 is 0 Å². The zero-order valence-corrected chi connectivity index (χ0v) is 16.9. The second-order valence-corrected chi connectivity index (χ2v) is 9.56. The topological polar surface area (TPSA) is 58.6 Å². The van der Waals surface area contributed by atoms with Crippen LogP contribution >= 0.6 is 11.3 Å². The lowest BCUT2D eigenvalue weighted by Crippen LogP contribution is -2.34. The highest BCUT2D eigenvalue weighted by molar-refractivity contribution is 7.89. The van der Waals surface area contributed by atoms with Crippen LogP contribution in [0.15, 0.2) is 52.7 Å². The molecule has 0 saturated heterocycles. The van der Waals surface area contributed by atoms with Crippen molar-refractivity contribution in [2.45, 2.75) is 17.4 Å². The van der Waals surface area contributed by atoms with E-state index >= 15 is 0 Å². The molecule has 2 heterocycles. The van der Waals surface area contributed by atoms with E-state index in [1.54, 1.807) is 29.5 Å². The lowest BCUT2D eigenvalue weighted by Gasteiger charge is -2.24. The first-order valence-corrected chi connectivity index (χ1v) is 11.2. The average molecular weight is 403 g/mol. The van der Waals surface area contributed by atoms with Crippen molar-refractivity contribution in [1.29, 1.82) is 0 Å². The van der Waals surface area contributed by atoms with Crippen LogP contribution in [0.1, 0.15) is 17.2 Å². The molecule has 27 heavy (non-hydrogen) atoms. The minimum absolute atomic E-state index is 0.0475. The van der Waals surface area contributed by atoms with Crippen molar-refractivity contribution in [2.75, 3.05) is 27.2 Å². The number of fused-ring (bicyclic) bond motifs is 2. The average Bonchev–Trinajstić information content (AvgIpc) is 3.28. The summed E-state index contributed by atoms with van der Waals surface area (Å²) in [6.07, 6.45) is 0.750. The largest absolute Gasteiger partial charge is 0.493 e. The lowest BCUT2D eigenvalue weighted by atomic mass is 10.1. The molecular weight excluding hydrogens is 380 g/mol. The zero-order chi connectivity index (χ0) is 19.0. The summed E-state index contributed by atoms with van der Waals surface area (Å²) in [5.41, 5.74) is 2.09. The van der Waals surface area contributed by atoms with Crippen molar-refractivity contribution in [3.05, 3.63) is 59.0 Å². The molecule has 0 saturated carbocycles. The SMILES string of the molecule is CN(C)C(CNS(=O)(=O)c1ccc2c(c1)CCO2)c1csc2ccccc12. The Kier molecular flexibility index (Phi) is 4.94. The van der Waals surface area contributed by atoms with Gasteiger partial charge in [-0.15, -0.1) is 11.3 Å². The fourth-order valence-corrected chi connectivity index (χ4v) is 5.53. The van der Waals surface area contributed by atoms with Crippen molar-refractivity contribution in [1.82, 2.24) is 9.62 Å². The molecule has 1 unspecified atom stereocenters. The van der Waals surface area contributed by atoms with E-state index in [1.807, 2.05) is 31.1 Å². The van der Waals surface area contributed by atoms with Gasteiger partial charge in [-0.25, -0.2) is 13.1 Å². The fraction of sp³-hybridized carbons (Fsp3) is 0.300. The van der Waals surface area contributed by atoms with Gasteiger partial charge in [0, 0.05) is 23.7 Å². The van der Waals surface area contributed by atoms with Gasteiger partial charge in [0.15, 0.2) is 0 Å². The molecule has 1 aliphatic heterocycles. The fourth-order valence-electron chi connectivity index (χ4n) is 3.43. The molecule has 0 bridgehead atoms. The van der Waals surface area contributed by atoms with Crippen LogP contribution in [0.3, 0.4) is 0 Å². The van der Waals surface area contributed by atoms with E-state index in [-0.39, 0.29) is 6.04 Å². The number of nitrogens with one attached hydrogen (secondary N) is 1. The van der Waals surface area contributed by atoms with Gasteiger partial charge in [0.2, 0.25) is 10.0 Å². The van der Waals surface area contributed by atoms with Crippen LogP contribution in [-0.2, 0) is 16.4 Å². The molecule has 1 aliphatic rings. The summed E-state index contributed by atoms with van der Waals surface area (Å²) in [5.74, 6) is 0.782. The molecule has 1 atom stereocenters. The Morgan fingerprint density at radius 1 is 1.22 bits per heavy atom. The van der Waals surface area contributed by atoms with Crippen LogP contribution in [0.2, 0.25) is 0 Å². The highest BCUT2D eigenvalue weighted by atomic mass is 32.2. The van der Waals surface area contributed by atoms with Gasteiger partial charge in [0.05, 0.1) is 11.5 Å². The minimum atomic E-state index is -3.58.